The van der Waals surface area contributed by atoms with Crippen LogP contribution in [0.25, 0.3) is 0 Å². The number of nitrogens with zero attached hydrogens (tertiary/aromatic N) is 1. The van der Waals surface area contributed by atoms with E-state index in [1.807, 2.05) is 31.2 Å². The van der Waals surface area contributed by atoms with Crippen molar-refractivity contribution in [3.8, 4) is 0 Å². The lowest BCUT2D eigenvalue weighted by molar-refractivity contribution is -0.384. The smallest absolute Gasteiger partial charge is 0.288 e. The summed E-state index contributed by atoms with van der Waals surface area (Å²) >= 11 is 11.9. The van der Waals surface area contributed by atoms with E-state index in [1.165, 1.54) is 12.1 Å². The zero-order valence-electron chi connectivity index (χ0n) is 11.3. The average molecular weight is 325 g/mol. The molecule has 6 heteroatoms. The minimum Gasteiger partial charge on any atom is -0.306 e. The minimum atomic E-state index is -0.483. The molecule has 2 rings (SSSR count). The van der Waals surface area contributed by atoms with Crippen molar-refractivity contribution in [1.29, 1.82) is 0 Å². The molecule has 0 saturated heterocycles. The van der Waals surface area contributed by atoms with Gasteiger partial charge >= 0.3 is 0 Å². The van der Waals surface area contributed by atoms with Gasteiger partial charge in [-0.25, -0.2) is 0 Å². The van der Waals surface area contributed by atoms with Crippen molar-refractivity contribution in [2.75, 3.05) is 0 Å². The molecular formula is C15H14Cl2N2O2. The van der Waals surface area contributed by atoms with Gasteiger partial charge < -0.3 is 5.32 Å². The summed E-state index contributed by atoms with van der Waals surface area (Å²) in [6, 6.07) is 12.4. The van der Waals surface area contributed by atoms with E-state index in [4.69, 9.17) is 23.2 Å². The maximum atomic E-state index is 10.9. The van der Waals surface area contributed by atoms with Crippen LogP contribution in [-0.2, 0) is 6.54 Å². The van der Waals surface area contributed by atoms with Crippen molar-refractivity contribution in [3.05, 3.63) is 73.8 Å². The largest absolute Gasteiger partial charge is 0.306 e. The van der Waals surface area contributed by atoms with Gasteiger partial charge in [-0.3, -0.25) is 10.1 Å². The molecule has 0 bridgehead atoms. The Hall–Kier alpha value is -1.62. The monoisotopic (exact) mass is 324 g/mol. The van der Waals surface area contributed by atoms with Gasteiger partial charge in [0.15, 0.2) is 0 Å². The van der Waals surface area contributed by atoms with Gasteiger partial charge in [-0.2, -0.15) is 0 Å². The first kappa shape index (κ1) is 15.8. The summed E-state index contributed by atoms with van der Waals surface area (Å²) in [5.74, 6) is 0. The molecule has 21 heavy (non-hydrogen) atoms. The summed E-state index contributed by atoms with van der Waals surface area (Å²) < 4.78 is 0. The summed E-state index contributed by atoms with van der Waals surface area (Å²) in [5, 5.41) is 15.0. The van der Waals surface area contributed by atoms with Crippen LogP contribution in [0.3, 0.4) is 0 Å². The number of hydrogen-bond donors (Lipinski definition) is 1. The summed E-state index contributed by atoms with van der Waals surface area (Å²) in [6.07, 6.45) is 0. The fourth-order valence-electron chi connectivity index (χ4n) is 2.02. The Kier molecular flexibility index (Phi) is 5.17. The van der Waals surface area contributed by atoms with Crippen molar-refractivity contribution >= 4 is 28.9 Å². The van der Waals surface area contributed by atoms with E-state index in [0.29, 0.717) is 11.6 Å². The van der Waals surface area contributed by atoms with Crippen LogP contribution in [0.5, 0.6) is 0 Å². The fraction of sp³-hybridized carbons (Fsp3) is 0.200. The van der Waals surface area contributed by atoms with E-state index >= 15 is 0 Å². The van der Waals surface area contributed by atoms with Crippen LogP contribution in [0.15, 0.2) is 42.5 Å². The van der Waals surface area contributed by atoms with Crippen molar-refractivity contribution in [2.45, 2.75) is 19.5 Å². The summed E-state index contributed by atoms with van der Waals surface area (Å²) in [5.41, 5.74) is 1.70. The molecule has 2 aromatic rings. The van der Waals surface area contributed by atoms with Gasteiger partial charge in [0, 0.05) is 23.7 Å². The Bertz CT molecular complexity index is 662. The van der Waals surface area contributed by atoms with Gasteiger partial charge in [-0.1, -0.05) is 47.5 Å². The highest BCUT2D eigenvalue weighted by molar-refractivity contribution is 6.32. The van der Waals surface area contributed by atoms with Crippen LogP contribution in [0.2, 0.25) is 10.0 Å². The first-order valence-electron chi connectivity index (χ1n) is 6.39. The molecule has 2 aromatic carbocycles. The molecule has 110 valence electrons. The lowest BCUT2D eigenvalue weighted by Crippen LogP contribution is -2.18. The second kappa shape index (κ2) is 6.89. The quantitative estimate of drug-likeness (QED) is 0.637. The Labute approximate surface area is 132 Å². The highest BCUT2D eigenvalue weighted by atomic mass is 35.5. The van der Waals surface area contributed by atoms with E-state index in [2.05, 4.69) is 5.32 Å². The maximum absolute atomic E-state index is 10.9. The van der Waals surface area contributed by atoms with Crippen molar-refractivity contribution in [3.63, 3.8) is 0 Å². The number of hydrogen-bond acceptors (Lipinski definition) is 3. The zero-order valence-corrected chi connectivity index (χ0v) is 12.9. The highest BCUT2D eigenvalue weighted by Crippen LogP contribution is 2.26. The number of nitrogens with one attached hydrogen (secondary N) is 1. The number of halogens is 2. The van der Waals surface area contributed by atoms with Crippen LogP contribution in [-0.4, -0.2) is 4.92 Å². The number of nitro groups is 1. The van der Waals surface area contributed by atoms with Crippen LogP contribution in [0.4, 0.5) is 5.69 Å². The van der Waals surface area contributed by atoms with Crippen LogP contribution in [0.1, 0.15) is 24.1 Å². The lowest BCUT2D eigenvalue weighted by atomic mass is 10.1. The molecule has 0 aromatic heterocycles. The third kappa shape index (κ3) is 3.94. The van der Waals surface area contributed by atoms with E-state index in [1.54, 1.807) is 6.07 Å². The second-order valence-electron chi connectivity index (χ2n) is 4.67. The molecule has 1 N–H and O–H groups in total. The normalized spacial score (nSPS) is 12.1. The minimum absolute atomic E-state index is 0.0356. The standard InChI is InChI=1S/C15H14Cl2N2O2/c1-10(12-4-2-3-5-13(12)16)18-9-11-6-7-14(17)15(8-11)19(20)21/h2-8,10,18H,9H2,1H3. The number of benzene rings is 2. The van der Waals surface area contributed by atoms with Gasteiger partial charge in [0.25, 0.3) is 5.69 Å². The average Bonchev–Trinajstić information content (AvgIpc) is 2.46. The van der Waals surface area contributed by atoms with E-state index in [-0.39, 0.29) is 16.8 Å². The molecule has 4 nitrogen and oxygen atoms in total. The van der Waals surface area contributed by atoms with Gasteiger partial charge in [-0.05, 0) is 30.2 Å². The van der Waals surface area contributed by atoms with E-state index < -0.39 is 4.92 Å². The maximum Gasteiger partial charge on any atom is 0.288 e. The lowest BCUT2D eigenvalue weighted by Gasteiger charge is -2.15. The molecule has 0 saturated carbocycles. The summed E-state index contributed by atoms with van der Waals surface area (Å²) in [7, 11) is 0. The molecule has 0 heterocycles. The predicted octanol–water partition coefficient (Wildman–Crippen LogP) is 4.75. The Morgan fingerprint density at radius 1 is 1.19 bits per heavy atom. The number of rotatable bonds is 5. The predicted molar refractivity (Wildman–Crippen MR) is 84.8 cm³/mol. The van der Waals surface area contributed by atoms with Gasteiger partial charge in [-0.15, -0.1) is 0 Å². The van der Waals surface area contributed by atoms with E-state index in [9.17, 15) is 10.1 Å². The van der Waals surface area contributed by atoms with E-state index in [0.717, 1.165) is 11.1 Å². The Balaban J connectivity index is 2.08. The first-order chi connectivity index (χ1) is 9.99. The molecule has 0 spiro atoms. The van der Waals surface area contributed by atoms with Crippen LogP contribution in [0, 0.1) is 10.1 Å². The Morgan fingerprint density at radius 3 is 2.57 bits per heavy atom. The molecule has 0 aliphatic rings. The topological polar surface area (TPSA) is 55.2 Å². The second-order valence-corrected chi connectivity index (χ2v) is 5.48. The van der Waals surface area contributed by atoms with Gasteiger partial charge in [0.1, 0.15) is 5.02 Å². The molecule has 0 radical (unpaired) electrons. The van der Waals surface area contributed by atoms with Gasteiger partial charge in [0.2, 0.25) is 0 Å². The third-order valence-corrected chi connectivity index (χ3v) is 3.86. The molecule has 1 unspecified atom stereocenters. The zero-order chi connectivity index (χ0) is 15.4. The fourth-order valence-corrected chi connectivity index (χ4v) is 2.50. The molecule has 0 amide bonds. The van der Waals surface area contributed by atoms with Crippen LogP contribution >= 0.6 is 23.2 Å². The van der Waals surface area contributed by atoms with Gasteiger partial charge in [0.05, 0.1) is 4.92 Å². The van der Waals surface area contributed by atoms with Crippen molar-refractivity contribution in [1.82, 2.24) is 5.32 Å². The SMILES string of the molecule is CC(NCc1ccc(Cl)c([N+](=O)[O-])c1)c1ccccc1Cl. The highest BCUT2D eigenvalue weighted by Gasteiger charge is 2.13. The Morgan fingerprint density at radius 2 is 1.90 bits per heavy atom. The summed E-state index contributed by atoms with van der Waals surface area (Å²) in [4.78, 5) is 10.4. The van der Waals surface area contributed by atoms with Crippen LogP contribution < -0.4 is 5.32 Å². The first-order valence-corrected chi connectivity index (χ1v) is 7.15. The summed E-state index contributed by atoms with van der Waals surface area (Å²) in [6.45, 7) is 2.48. The molecule has 0 aliphatic carbocycles. The molecular weight excluding hydrogens is 311 g/mol. The molecule has 0 fully saturated rings. The third-order valence-electron chi connectivity index (χ3n) is 3.19. The molecule has 0 aliphatic heterocycles. The van der Waals surface area contributed by atoms with Crippen molar-refractivity contribution < 1.29 is 4.92 Å². The number of nitro benzene ring substituents is 1. The van der Waals surface area contributed by atoms with Crippen molar-refractivity contribution in [2.24, 2.45) is 0 Å². The molecule has 1 atom stereocenters.